The summed E-state index contributed by atoms with van der Waals surface area (Å²) in [7, 11) is 1.60. The zero-order chi connectivity index (χ0) is 22.7. The molecule has 1 N–H and O–H groups in total. The van der Waals surface area contributed by atoms with Crippen molar-refractivity contribution in [2.75, 3.05) is 23.9 Å². The smallest absolute Gasteiger partial charge is 0.267 e. The number of ether oxygens (including phenoxy) is 1. The van der Waals surface area contributed by atoms with Crippen LogP contribution in [0, 0.1) is 0 Å². The summed E-state index contributed by atoms with van der Waals surface area (Å²) in [6.07, 6.45) is 0. The molecule has 0 saturated heterocycles. The van der Waals surface area contributed by atoms with Gasteiger partial charge in [-0.15, -0.1) is 11.3 Å². The van der Waals surface area contributed by atoms with E-state index in [9.17, 15) is 9.59 Å². The van der Waals surface area contributed by atoms with Crippen molar-refractivity contribution < 1.29 is 14.3 Å². The molecule has 0 atom stereocenters. The molecule has 0 bridgehead atoms. The van der Waals surface area contributed by atoms with E-state index in [0.717, 1.165) is 15.8 Å². The number of carbonyl (C=O) groups excluding carboxylic acids is 2. The molecular weight excluding hydrogens is 444 g/mol. The van der Waals surface area contributed by atoms with E-state index < -0.39 is 0 Å². The number of anilines is 2. The summed E-state index contributed by atoms with van der Waals surface area (Å²) in [5.41, 5.74) is 1.97. The average Bonchev–Trinajstić information content (AvgIpc) is 3.16. The number of fused-ring (bicyclic) bond motifs is 1. The van der Waals surface area contributed by atoms with Crippen LogP contribution in [0.25, 0.3) is 10.1 Å². The number of rotatable bonds is 6. The summed E-state index contributed by atoms with van der Waals surface area (Å²) in [6, 6.07) is 21.9. The van der Waals surface area contributed by atoms with Crippen molar-refractivity contribution in [3.63, 3.8) is 0 Å². The average molecular weight is 465 g/mol. The minimum atomic E-state index is -0.297. The Kier molecular flexibility index (Phi) is 6.44. The van der Waals surface area contributed by atoms with Crippen molar-refractivity contribution in [1.82, 2.24) is 0 Å². The molecule has 0 fully saturated rings. The predicted octanol–water partition coefficient (Wildman–Crippen LogP) is 6.48. The van der Waals surface area contributed by atoms with Crippen molar-refractivity contribution in [2.45, 2.75) is 6.92 Å². The van der Waals surface area contributed by atoms with Crippen molar-refractivity contribution >= 4 is 56.2 Å². The lowest BCUT2D eigenvalue weighted by Gasteiger charge is -2.21. The lowest BCUT2D eigenvalue weighted by atomic mass is 10.1. The van der Waals surface area contributed by atoms with E-state index in [1.807, 2.05) is 55.5 Å². The Hall–Kier alpha value is -3.35. The van der Waals surface area contributed by atoms with Gasteiger partial charge in [-0.25, -0.2) is 0 Å². The highest BCUT2D eigenvalue weighted by Gasteiger charge is 2.19. The maximum absolute atomic E-state index is 12.9. The first-order valence-corrected chi connectivity index (χ1v) is 11.3. The summed E-state index contributed by atoms with van der Waals surface area (Å²) >= 11 is 7.76. The normalized spacial score (nSPS) is 10.7. The fourth-order valence-electron chi connectivity index (χ4n) is 3.41. The molecule has 0 spiro atoms. The molecule has 162 valence electrons. The largest absolute Gasteiger partial charge is 0.497 e. The molecule has 0 aliphatic carbocycles. The second kappa shape index (κ2) is 9.42. The summed E-state index contributed by atoms with van der Waals surface area (Å²) < 4.78 is 6.12. The Morgan fingerprint density at radius 2 is 1.75 bits per heavy atom. The molecule has 0 aliphatic heterocycles. The van der Waals surface area contributed by atoms with Gasteiger partial charge in [0.1, 0.15) is 10.6 Å². The highest BCUT2D eigenvalue weighted by atomic mass is 35.5. The molecule has 5 nitrogen and oxygen atoms in total. The second-order valence-corrected chi connectivity index (χ2v) is 8.45. The van der Waals surface area contributed by atoms with Crippen LogP contribution in [0.3, 0.4) is 0 Å². The van der Waals surface area contributed by atoms with Gasteiger partial charge in [0, 0.05) is 33.6 Å². The van der Waals surface area contributed by atoms with E-state index in [1.165, 1.54) is 11.3 Å². The number of halogens is 1. The van der Waals surface area contributed by atoms with E-state index in [2.05, 4.69) is 5.32 Å². The van der Waals surface area contributed by atoms with E-state index in [-0.39, 0.29) is 11.8 Å². The van der Waals surface area contributed by atoms with Crippen molar-refractivity contribution in [1.29, 1.82) is 0 Å². The van der Waals surface area contributed by atoms with Gasteiger partial charge in [-0.05, 0) is 61.5 Å². The van der Waals surface area contributed by atoms with Crippen LogP contribution in [0.2, 0.25) is 5.02 Å². The molecule has 0 unspecified atom stereocenters. The third-order valence-corrected chi connectivity index (χ3v) is 6.72. The molecule has 4 rings (SSSR count). The first-order chi connectivity index (χ1) is 15.5. The van der Waals surface area contributed by atoms with E-state index in [1.54, 1.807) is 36.3 Å². The third-order valence-electron chi connectivity index (χ3n) is 5.06. The molecule has 0 saturated carbocycles. The molecule has 3 aromatic carbocycles. The zero-order valence-electron chi connectivity index (χ0n) is 17.6. The van der Waals surface area contributed by atoms with Crippen molar-refractivity contribution in [3.05, 3.63) is 88.3 Å². The fourth-order valence-corrected chi connectivity index (χ4v) is 4.85. The number of nitrogens with one attached hydrogen (secondary N) is 1. The molecule has 7 heteroatoms. The monoisotopic (exact) mass is 464 g/mol. The van der Waals surface area contributed by atoms with Crippen molar-refractivity contribution in [3.8, 4) is 5.75 Å². The first kappa shape index (κ1) is 21.9. The van der Waals surface area contributed by atoms with Crippen LogP contribution in [0.4, 0.5) is 11.4 Å². The van der Waals surface area contributed by atoms with Crippen molar-refractivity contribution in [2.24, 2.45) is 0 Å². The minimum absolute atomic E-state index is 0.0990. The Balaban J connectivity index is 1.51. The standard InChI is InChI=1S/C25H21ClN2O3S/c1-3-28(18-7-5-4-6-8-18)25(30)16-9-11-17(12-10-16)27-24(29)23-22(26)20-14-13-19(31-2)15-21(20)32-23/h4-15H,3H2,1-2H3,(H,27,29). The number of methoxy groups -OCH3 is 1. The number of amides is 2. The SMILES string of the molecule is CCN(C(=O)c1ccc(NC(=O)c2sc3cc(OC)ccc3c2Cl)cc1)c1ccccc1. The Labute approximate surface area is 195 Å². The molecule has 1 aromatic heterocycles. The molecule has 32 heavy (non-hydrogen) atoms. The van der Waals surface area contributed by atoms with Crippen LogP contribution < -0.4 is 15.0 Å². The summed E-state index contributed by atoms with van der Waals surface area (Å²) in [5.74, 6) is 0.311. The summed E-state index contributed by atoms with van der Waals surface area (Å²) in [5, 5.41) is 4.09. The van der Waals surface area contributed by atoms with Gasteiger partial charge in [0.05, 0.1) is 12.1 Å². The summed E-state index contributed by atoms with van der Waals surface area (Å²) in [4.78, 5) is 27.9. The highest BCUT2D eigenvalue weighted by molar-refractivity contribution is 7.21. The first-order valence-electron chi connectivity index (χ1n) is 10.1. The number of thiophene rings is 1. The van der Waals surface area contributed by atoms with E-state index in [0.29, 0.717) is 33.4 Å². The Morgan fingerprint density at radius 1 is 1.03 bits per heavy atom. The summed E-state index contributed by atoms with van der Waals surface area (Å²) in [6.45, 7) is 2.49. The van der Waals surface area contributed by atoms with Gasteiger partial charge in [0.2, 0.25) is 0 Å². The third kappa shape index (κ3) is 4.33. The van der Waals surface area contributed by atoms with Crippen LogP contribution in [0.1, 0.15) is 27.0 Å². The number of nitrogens with zero attached hydrogens (tertiary/aromatic N) is 1. The van der Waals surface area contributed by atoms with Gasteiger partial charge in [0.15, 0.2) is 0 Å². The molecule has 1 heterocycles. The zero-order valence-corrected chi connectivity index (χ0v) is 19.2. The van der Waals surface area contributed by atoms with E-state index in [4.69, 9.17) is 16.3 Å². The number of para-hydroxylation sites is 1. The van der Waals surface area contributed by atoms with Gasteiger partial charge >= 0.3 is 0 Å². The molecule has 4 aromatic rings. The quantitative estimate of drug-likeness (QED) is 0.355. The van der Waals surface area contributed by atoms with Gasteiger partial charge in [-0.2, -0.15) is 0 Å². The van der Waals surface area contributed by atoms with Gasteiger partial charge in [-0.1, -0.05) is 29.8 Å². The molecule has 2 amide bonds. The van der Waals surface area contributed by atoms with Crippen LogP contribution in [-0.2, 0) is 0 Å². The lowest BCUT2D eigenvalue weighted by molar-refractivity contribution is 0.0987. The van der Waals surface area contributed by atoms with Crippen LogP contribution >= 0.6 is 22.9 Å². The fraction of sp³-hybridized carbons (Fsp3) is 0.120. The van der Waals surface area contributed by atoms with Gasteiger partial charge < -0.3 is 15.0 Å². The number of benzene rings is 3. The Morgan fingerprint density at radius 3 is 2.41 bits per heavy atom. The van der Waals surface area contributed by atoms with E-state index >= 15 is 0 Å². The maximum atomic E-state index is 12.9. The Bertz CT molecular complexity index is 1270. The molecule has 0 radical (unpaired) electrons. The minimum Gasteiger partial charge on any atom is -0.497 e. The van der Waals surface area contributed by atoms with Crippen LogP contribution in [0.15, 0.2) is 72.8 Å². The van der Waals surface area contributed by atoms with Crippen LogP contribution in [-0.4, -0.2) is 25.5 Å². The van der Waals surface area contributed by atoms with Gasteiger partial charge in [0.25, 0.3) is 11.8 Å². The predicted molar refractivity (Wildman–Crippen MR) is 132 cm³/mol. The molecular formula is C25H21ClN2O3S. The highest BCUT2D eigenvalue weighted by Crippen LogP contribution is 2.37. The topological polar surface area (TPSA) is 58.6 Å². The maximum Gasteiger partial charge on any atom is 0.267 e. The second-order valence-electron chi connectivity index (χ2n) is 7.02. The number of carbonyl (C=O) groups is 2. The number of hydrogen-bond donors (Lipinski definition) is 1. The van der Waals surface area contributed by atoms with Crippen LogP contribution in [0.5, 0.6) is 5.75 Å². The lowest BCUT2D eigenvalue weighted by Crippen LogP contribution is -2.30. The molecule has 0 aliphatic rings. The van der Waals surface area contributed by atoms with Gasteiger partial charge in [-0.3, -0.25) is 9.59 Å². The number of hydrogen-bond acceptors (Lipinski definition) is 4.